The summed E-state index contributed by atoms with van der Waals surface area (Å²) in [6.07, 6.45) is 0. The monoisotopic (exact) mass is 359 g/mol. The number of rotatable bonds is 2. The molecule has 0 bridgehead atoms. The van der Waals surface area contributed by atoms with Crippen LogP contribution in [0.2, 0.25) is 0 Å². The second-order valence-corrected chi connectivity index (χ2v) is 7.38. The van der Waals surface area contributed by atoms with Crippen LogP contribution in [0.3, 0.4) is 0 Å². The molecule has 0 fully saturated rings. The van der Waals surface area contributed by atoms with Gasteiger partial charge in [-0.3, -0.25) is 0 Å². The van der Waals surface area contributed by atoms with Crippen molar-refractivity contribution in [3.8, 4) is 22.4 Å². The largest absolute Gasteiger partial charge is 0.247 e. The maximum absolute atomic E-state index is 5.18. The van der Waals surface area contributed by atoms with Gasteiger partial charge >= 0.3 is 0 Å². The van der Waals surface area contributed by atoms with Crippen molar-refractivity contribution in [2.24, 2.45) is 0 Å². The number of pyridine rings is 1. The first-order valence-electron chi connectivity index (χ1n) is 9.67. The zero-order valence-electron chi connectivity index (χ0n) is 16.1. The Morgan fingerprint density at radius 2 is 1.29 bits per heavy atom. The Hall–Kier alpha value is -3.45. The zero-order valence-corrected chi connectivity index (χ0v) is 16.1. The van der Waals surface area contributed by atoms with E-state index in [1.54, 1.807) is 0 Å². The van der Waals surface area contributed by atoms with E-state index in [0.29, 0.717) is 0 Å². The second-order valence-electron chi connectivity index (χ2n) is 7.38. The summed E-state index contributed by atoms with van der Waals surface area (Å²) >= 11 is 0. The molecule has 0 radical (unpaired) electrons. The van der Waals surface area contributed by atoms with Crippen LogP contribution >= 0.6 is 0 Å². The normalized spacial score (nSPS) is 11.2. The Balaban J connectivity index is 1.95. The fourth-order valence-corrected chi connectivity index (χ4v) is 4.06. The van der Waals surface area contributed by atoms with Gasteiger partial charge in [0.1, 0.15) is 0 Å². The van der Waals surface area contributed by atoms with Crippen LogP contribution in [-0.2, 0) is 0 Å². The minimum Gasteiger partial charge on any atom is -0.247 e. The molecule has 0 atom stereocenters. The van der Waals surface area contributed by atoms with E-state index in [9.17, 15) is 0 Å². The summed E-state index contributed by atoms with van der Waals surface area (Å²) in [6, 6.07) is 32.3. The number of aromatic nitrogens is 1. The van der Waals surface area contributed by atoms with Gasteiger partial charge in [-0.2, -0.15) is 0 Å². The molecule has 0 amide bonds. The van der Waals surface area contributed by atoms with E-state index in [1.807, 2.05) is 0 Å². The number of hydrogen-bond acceptors (Lipinski definition) is 1. The number of benzene rings is 4. The van der Waals surface area contributed by atoms with Crippen LogP contribution in [0, 0.1) is 13.8 Å². The molecule has 0 N–H and O–H groups in total. The number of nitrogens with zero attached hydrogens (tertiary/aromatic N) is 1. The zero-order chi connectivity index (χ0) is 19.1. The number of aryl methyl sites for hydroxylation is 1. The van der Waals surface area contributed by atoms with Gasteiger partial charge in [0, 0.05) is 16.3 Å². The molecule has 134 valence electrons. The molecule has 0 aliphatic rings. The smallest absolute Gasteiger partial charge is 0.0794 e. The lowest BCUT2D eigenvalue weighted by atomic mass is 9.91. The highest BCUT2D eigenvalue weighted by molar-refractivity contribution is 6.11. The molecule has 28 heavy (non-hydrogen) atoms. The van der Waals surface area contributed by atoms with Gasteiger partial charge in [0.05, 0.1) is 11.2 Å². The highest BCUT2D eigenvalue weighted by Gasteiger charge is 2.16. The lowest BCUT2D eigenvalue weighted by Gasteiger charge is -2.16. The van der Waals surface area contributed by atoms with Gasteiger partial charge in [-0.25, -0.2) is 4.98 Å². The molecular formula is C27H21N. The van der Waals surface area contributed by atoms with Crippen molar-refractivity contribution in [1.29, 1.82) is 0 Å². The minimum absolute atomic E-state index is 1.06. The predicted molar refractivity (Wildman–Crippen MR) is 120 cm³/mol. The van der Waals surface area contributed by atoms with Crippen molar-refractivity contribution in [1.82, 2.24) is 4.98 Å². The van der Waals surface area contributed by atoms with E-state index in [-0.39, 0.29) is 0 Å². The highest BCUT2D eigenvalue weighted by atomic mass is 14.7. The summed E-state index contributed by atoms with van der Waals surface area (Å²) < 4.78 is 0. The standard InChI is InChI=1S/C27H21N/c1-18-12-14-21(15-13-18)25-19(2)26(22-9-4-3-5-10-22)28-27-23-11-7-6-8-20(23)16-17-24(25)27/h3-17H,1-2H3. The summed E-state index contributed by atoms with van der Waals surface area (Å²) in [6.45, 7) is 4.32. The minimum atomic E-state index is 1.06. The van der Waals surface area contributed by atoms with Gasteiger partial charge in [-0.05, 0) is 35.9 Å². The molecule has 0 spiro atoms. The fraction of sp³-hybridized carbons (Fsp3) is 0.0741. The van der Waals surface area contributed by atoms with Crippen LogP contribution in [0.1, 0.15) is 11.1 Å². The third-order valence-electron chi connectivity index (χ3n) is 5.51. The molecule has 1 heteroatoms. The van der Waals surface area contributed by atoms with Crippen LogP contribution in [0.15, 0.2) is 91.0 Å². The Bertz CT molecular complexity index is 1300. The van der Waals surface area contributed by atoms with Gasteiger partial charge in [0.25, 0.3) is 0 Å². The topological polar surface area (TPSA) is 12.9 Å². The van der Waals surface area contributed by atoms with E-state index in [0.717, 1.165) is 16.8 Å². The van der Waals surface area contributed by atoms with E-state index < -0.39 is 0 Å². The predicted octanol–water partition coefficient (Wildman–Crippen LogP) is 7.34. The van der Waals surface area contributed by atoms with Crippen molar-refractivity contribution < 1.29 is 0 Å². The molecule has 5 aromatic rings. The summed E-state index contributed by atoms with van der Waals surface area (Å²) in [5, 5.41) is 3.63. The molecule has 5 rings (SSSR count). The Morgan fingerprint density at radius 3 is 2.07 bits per heavy atom. The molecule has 4 aromatic carbocycles. The van der Waals surface area contributed by atoms with Gasteiger partial charge < -0.3 is 0 Å². The number of hydrogen-bond donors (Lipinski definition) is 0. The first kappa shape index (κ1) is 16.7. The summed E-state index contributed by atoms with van der Waals surface area (Å²) in [7, 11) is 0. The molecule has 1 heterocycles. The molecular weight excluding hydrogens is 338 g/mol. The first-order valence-corrected chi connectivity index (χ1v) is 9.67. The average Bonchev–Trinajstić information content (AvgIpc) is 2.74. The summed E-state index contributed by atoms with van der Waals surface area (Å²) in [4.78, 5) is 5.18. The van der Waals surface area contributed by atoms with Crippen molar-refractivity contribution in [2.45, 2.75) is 13.8 Å². The molecule has 0 unspecified atom stereocenters. The van der Waals surface area contributed by atoms with Crippen molar-refractivity contribution in [2.75, 3.05) is 0 Å². The van der Waals surface area contributed by atoms with Gasteiger partial charge in [-0.15, -0.1) is 0 Å². The molecule has 0 aliphatic carbocycles. The van der Waals surface area contributed by atoms with Crippen LogP contribution in [0.4, 0.5) is 0 Å². The summed E-state index contributed by atoms with van der Waals surface area (Å²) in [5.74, 6) is 0. The van der Waals surface area contributed by atoms with E-state index in [4.69, 9.17) is 4.98 Å². The molecule has 0 aliphatic heterocycles. The molecule has 0 saturated heterocycles. The Labute approximate surface area is 165 Å². The molecule has 1 aromatic heterocycles. The number of fused-ring (bicyclic) bond motifs is 3. The fourth-order valence-electron chi connectivity index (χ4n) is 4.06. The quantitative estimate of drug-likeness (QED) is 0.300. The van der Waals surface area contributed by atoms with Crippen LogP contribution in [-0.4, -0.2) is 4.98 Å². The van der Waals surface area contributed by atoms with Crippen molar-refractivity contribution in [3.63, 3.8) is 0 Å². The summed E-state index contributed by atoms with van der Waals surface area (Å²) in [5.41, 5.74) is 8.28. The average molecular weight is 359 g/mol. The SMILES string of the molecule is Cc1ccc(-c2c(C)c(-c3ccccc3)nc3c2ccc2ccccc23)cc1. The Morgan fingerprint density at radius 1 is 0.571 bits per heavy atom. The maximum Gasteiger partial charge on any atom is 0.0794 e. The lowest BCUT2D eigenvalue weighted by molar-refractivity contribution is 1.33. The third kappa shape index (κ3) is 2.68. The molecule has 0 saturated carbocycles. The first-order chi connectivity index (χ1) is 13.7. The van der Waals surface area contributed by atoms with Crippen molar-refractivity contribution >= 4 is 21.7 Å². The van der Waals surface area contributed by atoms with Crippen LogP contribution in [0.5, 0.6) is 0 Å². The van der Waals surface area contributed by atoms with E-state index in [1.165, 1.54) is 38.4 Å². The highest BCUT2D eigenvalue weighted by Crippen LogP contribution is 2.38. The Kier molecular flexibility index (Phi) is 3.95. The van der Waals surface area contributed by atoms with Crippen molar-refractivity contribution in [3.05, 3.63) is 102 Å². The van der Waals surface area contributed by atoms with E-state index >= 15 is 0 Å². The third-order valence-corrected chi connectivity index (χ3v) is 5.51. The maximum atomic E-state index is 5.18. The van der Waals surface area contributed by atoms with Crippen LogP contribution < -0.4 is 0 Å². The molecule has 1 nitrogen and oxygen atoms in total. The van der Waals surface area contributed by atoms with Gasteiger partial charge in [0.2, 0.25) is 0 Å². The van der Waals surface area contributed by atoms with Crippen LogP contribution in [0.25, 0.3) is 44.1 Å². The van der Waals surface area contributed by atoms with Gasteiger partial charge in [-0.1, -0.05) is 96.6 Å². The van der Waals surface area contributed by atoms with Gasteiger partial charge in [0.15, 0.2) is 0 Å². The lowest BCUT2D eigenvalue weighted by Crippen LogP contribution is -1.96. The van der Waals surface area contributed by atoms with E-state index in [2.05, 4.69) is 105 Å². The second kappa shape index (κ2) is 6.61.